The van der Waals surface area contributed by atoms with E-state index < -0.39 is 23.8 Å². The molecule has 0 unspecified atom stereocenters. The van der Waals surface area contributed by atoms with Crippen LogP contribution in [0.4, 0.5) is 0 Å². The lowest BCUT2D eigenvalue weighted by Gasteiger charge is -2.31. The summed E-state index contributed by atoms with van der Waals surface area (Å²) in [6.45, 7) is 7.53. The van der Waals surface area contributed by atoms with Crippen LogP contribution < -0.4 is 9.47 Å². The molecular formula is C25H32ClNO6. The number of nitrogens with zero attached hydrogens (tertiary/aromatic N) is 1. The maximum absolute atomic E-state index is 12.8. The molecule has 0 aliphatic carbocycles. The van der Waals surface area contributed by atoms with E-state index in [9.17, 15) is 14.7 Å². The van der Waals surface area contributed by atoms with Crippen LogP contribution in [0.25, 0.3) is 0 Å². The first kappa shape index (κ1) is 26.5. The van der Waals surface area contributed by atoms with E-state index in [2.05, 4.69) is 18.8 Å². The third-order valence-corrected chi connectivity index (χ3v) is 5.88. The minimum Gasteiger partial charge on any atom is -0.503 e. The van der Waals surface area contributed by atoms with Gasteiger partial charge in [-0.1, -0.05) is 32.4 Å². The van der Waals surface area contributed by atoms with Gasteiger partial charge in [-0.05, 0) is 49.9 Å². The van der Waals surface area contributed by atoms with E-state index in [0.29, 0.717) is 10.8 Å². The smallest absolute Gasteiger partial charge is 0.309 e. The average molecular weight is 478 g/mol. The summed E-state index contributed by atoms with van der Waals surface area (Å²) in [5, 5.41) is 10.8. The molecule has 1 heterocycles. The highest BCUT2D eigenvalue weighted by atomic mass is 35.5. The first-order valence-electron chi connectivity index (χ1n) is 11.1. The molecule has 8 heteroatoms. The first-order valence-corrected chi connectivity index (χ1v) is 11.5. The molecule has 2 rings (SSSR count). The van der Waals surface area contributed by atoms with Gasteiger partial charge in [0.1, 0.15) is 18.0 Å². The second-order valence-electron chi connectivity index (χ2n) is 7.99. The number of ether oxygens (including phenoxy) is 3. The molecule has 0 saturated carbocycles. The number of halogens is 1. The Labute approximate surface area is 200 Å². The Kier molecular flexibility index (Phi) is 9.97. The van der Waals surface area contributed by atoms with Gasteiger partial charge in [0.15, 0.2) is 23.0 Å². The van der Waals surface area contributed by atoms with Gasteiger partial charge < -0.3 is 19.3 Å². The summed E-state index contributed by atoms with van der Waals surface area (Å²) in [7, 11) is 1.38. The SMILES string of the molecule is CCC(CC)[C@H](Oc1ccc(Cl)cc1)[C@H](C)OC(=O)[C@H](C)CC(=O)c1nccc(OC)c1O. The van der Waals surface area contributed by atoms with Gasteiger partial charge in [-0.25, -0.2) is 4.98 Å². The van der Waals surface area contributed by atoms with Crippen molar-refractivity contribution in [1.82, 2.24) is 4.98 Å². The lowest BCUT2D eigenvalue weighted by molar-refractivity contribution is -0.158. The van der Waals surface area contributed by atoms with Gasteiger partial charge in [0.05, 0.1) is 13.0 Å². The van der Waals surface area contributed by atoms with Gasteiger partial charge in [0, 0.05) is 23.7 Å². The normalized spacial score (nSPS) is 13.8. The maximum Gasteiger partial charge on any atom is 0.309 e. The number of methoxy groups -OCH3 is 1. The Morgan fingerprint density at radius 2 is 1.73 bits per heavy atom. The van der Waals surface area contributed by atoms with Gasteiger partial charge in [-0.15, -0.1) is 0 Å². The third-order valence-electron chi connectivity index (χ3n) is 5.63. The number of hydrogen-bond acceptors (Lipinski definition) is 7. The van der Waals surface area contributed by atoms with Gasteiger partial charge in [-0.3, -0.25) is 9.59 Å². The maximum atomic E-state index is 12.8. The highest BCUT2D eigenvalue weighted by Crippen LogP contribution is 2.30. The Morgan fingerprint density at radius 3 is 2.30 bits per heavy atom. The number of aromatic hydroxyl groups is 1. The highest BCUT2D eigenvalue weighted by molar-refractivity contribution is 6.30. The number of hydrogen-bond donors (Lipinski definition) is 1. The fourth-order valence-electron chi connectivity index (χ4n) is 3.63. The molecule has 33 heavy (non-hydrogen) atoms. The van der Waals surface area contributed by atoms with Crippen LogP contribution in [0.5, 0.6) is 17.2 Å². The molecule has 0 aliphatic heterocycles. The Bertz CT molecular complexity index is 929. The predicted molar refractivity (Wildman–Crippen MR) is 126 cm³/mol. The average Bonchev–Trinajstić information content (AvgIpc) is 2.80. The van der Waals surface area contributed by atoms with Crippen LogP contribution in [0.3, 0.4) is 0 Å². The van der Waals surface area contributed by atoms with Crippen LogP contribution in [-0.2, 0) is 9.53 Å². The lowest BCUT2D eigenvalue weighted by Crippen LogP contribution is -2.40. The molecule has 2 aromatic rings. The number of carbonyl (C=O) groups is 2. The second-order valence-corrected chi connectivity index (χ2v) is 8.43. The zero-order valence-electron chi connectivity index (χ0n) is 19.7. The van der Waals surface area contributed by atoms with Crippen molar-refractivity contribution < 1.29 is 28.9 Å². The van der Waals surface area contributed by atoms with Crippen molar-refractivity contribution >= 4 is 23.4 Å². The van der Waals surface area contributed by atoms with E-state index >= 15 is 0 Å². The number of esters is 1. The quantitative estimate of drug-likeness (QED) is 0.319. The fourth-order valence-corrected chi connectivity index (χ4v) is 3.75. The molecule has 1 aromatic heterocycles. The second kappa shape index (κ2) is 12.4. The van der Waals surface area contributed by atoms with Gasteiger partial charge in [0.2, 0.25) is 0 Å². The van der Waals surface area contributed by atoms with Gasteiger partial charge in [0.25, 0.3) is 0 Å². The minimum absolute atomic E-state index is 0.136. The third kappa shape index (κ3) is 7.09. The molecule has 1 N–H and O–H groups in total. The van der Waals surface area contributed by atoms with Gasteiger partial charge >= 0.3 is 5.97 Å². The number of pyridine rings is 1. The summed E-state index contributed by atoms with van der Waals surface area (Å²) in [5.41, 5.74) is -0.136. The molecule has 3 atom stereocenters. The summed E-state index contributed by atoms with van der Waals surface area (Å²) in [4.78, 5) is 29.3. The molecule has 0 spiro atoms. The first-order chi connectivity index (χ1) is 15.7. The van der Waals surface area contributed by atoms with Crippen LogP contribution in [-0.4, -0.2) is 41.2 Å². The van der Waals surface area contributed by atoms with Crippen molar-refractivity contribution in [2.75, 3.05) is 7.11 Å². The van der Waals surface area contributed by atoms with Crippen LogP contribution in [0, 0.1) is 11.8 Å². The van der Waals surface area contributed by atoms with E-state index in [1.807, 2.05) is 0 Å². The van der Waals surface area contributed by atoms with E-state index in [4.69, 9.17) is 25.8 Å². The molecule has 0 saturated heterocycles. The summed E-state index contributed by atoms with van der Waals surface area (Å²) >= 11 is 5.96. The molecule has 7 nitrogen and oxygen atoms in total. The topological polar surface area (TPSA) is 95.0 Å². The lowest BCUT2D eigenvalue weighted by atomic mass is 9.92. The molecule has 1 aromatic carbocycles. The largest absolute Gasteiger partial charge is 0.503 e. The molecule has 0 bridgehead atoms. The van der Waals surface area contributed by atoms with E-state index in [-0.39, 0.29) is 35.6 Å². The minimum atomic E-state index is -0.731. The molecule has 0 aliphatic rings. The Hall–Kier alpha value is -2.80. The van der Waals surface area contributed by atoms with E-state index in [1.165, 1.54) is 19.4 Å². The fraction of sp³-hybridized carbons (Fsp3) is 0.480. The zero-order chi connectivity index (χ0) is 24.5. The van der Waals surface area contributed by atoms with E-state index in [0.717, 1.165) is 12.8 Å². The zero-order valence-corrected chi connectivity index (χ0v) is 20.5. The summed E-state index contributed by atoms with van der Waals surface area (Å²) < 4.78 is 16.9. The Balaban J connectivity index is 2.08. The monoisotopic (exact) mass is 477 g/mol. The van der Waals surface area contributed by atoms with Crippen molar-refractivity contribution in [3.05, 3.63) is 47.2 Å². The van der Waals surface area contributed by atoms with Crippen molar-refractivity contribution in [2.45, 2.75) is 59.2 Å². The van der Waals surface area contributed by atoms with Crippen LogP contribution in [0.2, 0.25) is 5.02 Å². The van der Waals surface area contributed by atoms with Crippen molar-refractivity contribution in [2.24, 2.45) is 11.8 Å². The number of Topliss-reactive ketones (excluding diaryl/α,β-unsaturated/α-hetero) is 1. The predicted octanol–water partition coefficient (Wildman–Crippen LogP) is 5.47. The molecular weight excluding hydrogens is 446 g/mol. The summed E-state index contributed by atoms with van der Waals surface area (Å²) in [5.74, 6) is -1.12. The molecule has 0 fully saturated rings. The molecule has 0 radical (unpaired) electrons. The number of aromatic nitrogens is 1. The molecule has 0 amide bonds. The standard InChI is InChI=1S/C25H32ClNO6/c1-6-17(7-2)24(33-19-10-8-18(26)9-11-19)16(4)32-25(30)15(3)14-20(28)22-23(29)21(31-5)12-13-27-22/h8-13,15-17,24,29H,6-7,14H2,1-5H3/t15-,16+,24-/m1/s1. The van der Waals surface area contributed by atoms with Crippen molar-refractivity contribution in [1.29, 1.82) is 0 Å². The highest BCUT2D eigenvalue weighted by Gasteiger charge is 2.32. The van der Waals surface area contributed by atoms with Crippen molar-refractivity contribution in [3.8, 4) is 17.2 Å². The Morgan fingerprint density at radius 1 is 1.09 bits per heavy atom. The van der Waals surface area contributed by atoms with Crippen molar-refractivity contribution in [3.63, 3.8) is 0 Å². The summed E-state index contributed by atoms with van der Waals surface area (Å²) in [6, 6.07) is 8.49. The van der Waals surface area contributed by atoms with E-state index in [1.54, 1.807) is 38.1 Å². The van der Waals surface area contributed by atoms with Crippen LogP contribution in [0.1, 0.15) is 57.4 Å². The molecule has 180 valence electrons. The summed E-state index contributed by atoms with van der Waals surface area (Å²) in [6.07, 6.45) is 2.01. The number of rotatable bonds is 12. The number of benzene rings is 1. The number of carbonyl (C=O) groups excluding carboxylic acids is 2. The van der Waals surface area contributed by atoms with Crippen LogP contribution >= 0.6 is 11.6 Å². The van der Waals surface area contributed by atoms with Gasteiger partial charge in [-0.2, -0.15) is 0 Å². The number of ketones is 1. The van der Waals surface area contributed by atoms with Crippen LogP contribution in [0.15, 0.2) is 36.5 Å².